The molecule has 1 rings (SSSR count). The molecule has 0 amide bonds. The van der Waals surface area contributed by atoms with Gasteiger partial charge in [0.15, 0.2) is 0 Å². The molecular weight excluding hydrogens is 226 g/mol. The van der Waals surface area contributed by atoms with E-state index in [0.717, 1.165) is 44.7 Å². The number of unbranched alkanes of at least 4 members (excludes halogenated alkanes) is 2. The van der Waals surface area contributed by atoms with Crippen LogP contribution in [0.2, 0.25) is 0 Å². The predicted molar refractivity (Wildman–Crippen MR) is 78.6 cm³/mol. The van der Waals surface area contributed by atoms with E-state index in [1.165, 1.54) is 25.8 Å². The first-order valence-electron chi connectivity index (χ1n) is 7.41. The molecule has 1 heterocycles. The van der Waals surface area contributed by atoms with Crippen molar-refractivity contribution in [2.45, 2.75) is 52.9 Å². The molecule has 0 spiro atoms. The highest BCUT2D eigenvalue weighted by atomic mass is 16.4. The highest BCUT2D eigenvalue weighted by Crippen LogP contribution is 2.08. The van der Waals surface area contributed by atoms with Crippen LogP contribution in [-0.2, 0) is 0 Å². The molecule has 1 fully saturated rings. The number of rotatable bonds is 6. The Morgan fingerprint density at radius 2 is 1.72 bits per heavy atom. The number of piperidine rings is 1. The Morgan fingerprint density at radius 3 is 2.11 bits per heavy atom. The fourth-order valence-electron chi connectivity index (χ4n) is 1.97. The van der Waals surface area contributed by atoms with Gasteiger partial charge in [-0.25, -0.2) is 0 Å². The van der Waals surface area contributed by atoms with E-state index in [0.29, 0.717) is 0 Å². The molecule has 1 aliphatic heterocycles. The lowest BCUT2D eigenvalue weighted by Gasteiger charge is -2.26. The summed E-state index contributed by atoms with van der Waals surface area (Å²) in [5.41, 5.74) is 0.965. The zero-order valence-corrected chi connectivity index (χ0v) is 12.4. The molecule has 0 aromatic rings. The van der Waals surface area contributed by atoms with E-state index in [-0.39, 0.29) is 0 Å². The smallest absolute Gasteiger partial charge is 0.0596 e. The maximum absolute atomic E-state index is 8.56. The van der Waals surface area contributed by atoms with Crippen molar-refractivity contribution >= 4 is 5.71 Å². The third-order valence-corrected chi connectivity index (χ3v) is 3.15. The third-order valence-electron chi connectivity index (χ3n) is 3.15. The minimum absolute atomic E-state index is 0.947. The minimum Gasteiger partial charge on any atom is -0.411 e. The molecule has 4 nitrogen and oxygen atoms in total. The van der Waals surface area contributed by atoms with Crippen LogP contribution in [0.15, 0.2) is 5.16 Å². The fourth-order valence-corrected chi connectivity index (χ4v) is 1.97. The summed E-state index contributed by atoms with van der Waals surface area (Å²) >= 11 is 0. The van der Waals surface area contributed by atoms with Crippen LogP contribution < -0.4 is 5.32 Å². The van der Waals surface area contributed by atoms with Crippen LogP contribution in [-0.4, -0.2) is 48.5 Å². The monoisotopic (exact) mass is 257 g/mol. The first kappa shape index (κ1) is 17.4. The average Bonchev–Trinajstić information content (AvgIpc) is 2.41. The Hall–Kier alpha value is -0.610. The van der Waals surface area contributed by atoms with E-state index in [1.807, 2.05) is 0 Å². The van der Waals surface area contributed by atoms with Crippen LogP contribution in [0.4, 0.5) is 0 Å². The third kappa shape index (κ3) is 9.42. The summed E-state index contributed by atoms with van der Waals surface area (Å²) in [5.74, 6) is 0. The summed E-state index contributed by atoms with van der Waals surface area (Å²) in [4.78, 5) is 2.46. The molecule has 18 heavy (non-hydrogen) atoms. The van der Waals surface area contributed by atoms with Gasteiger partial charge < -0.3 is 15.4 Å². The molecule has 0 radical (unpaired) electrons. The highest BCUT2D eigenvalue weighted by Gasteiger charge is 2.14. The molecule has 0 aromatic heterocycles. The van der Waals surface area contributed by atoms with Gasteiger partial charge in [-0.3, -0.25) is 0 Å². The molecule has 0 saturated carbocycles. The van der Waals surface area contributed by atoms with Crippen molar-refractivity contribution in [2.75, 3.05) is 32.7 Å². The summed E-state index contributed by atoms with van der Waals surface area (Å²) in [5, 5.41) is 14.9. The molecule has 0 aliphatic carbocycles. The maximum atomic E-state index is 8.56. The Kier molecular flexibility index (Phi) is 12.4. The SMILES string of the molecule is CCCCCN1CCC(=NO)CC1.CCNCC. The zero-order valence-electron chi connectivity index (χ0n) is 12.4. The lowest BCUT2D eigenvalue weighted by atomic mass is 10.1. The van der Waals surface area contributed by atoms with E-state index < -0.39 is 0 Å². The van der Waals surface area contributed by atoms with Gasteiger partial charge in [-0.1, -0.05) is 38.8 Å². The molecule has 0 unspecified atom stereocenters. The average molecular weight is 257 g/mol. The summed E-state index contributed by atoms with van der Waals surface area (Å²) in [7, 11) is 0. The summed E-state index contributed by atoms with van der Waals surface area (Å²) in [6.45, 7) is 12.0. The van der Waals surface area contributed by atoms with E-state index in [9.17, 15) is 0 Å². The second kappa shape index (κ2) is 12.8. The summed E-state index contributed by atoms with van der Waals surface area (Å²) < 4.78 is 0. The maximum Gasteiger partial charge on any atom is 0.0596 e. The second-order valence-corrected chi connectivity index (χ2v) is 4.67. The normalized spacial score (nSPS) is 16.1. The Morgan fingerprint density at radius 1 is 1.11 bits per heavy atom. The van der Waals surface area contributed by atoms with Gasteiger partial charge >= 0.3 is 0 Å². The summed E-state index contributed by atoms with van der Waals surface area (Å²) in [6, 6.07) is 0. The van der Waals surface area contributed by atoms with Crippen molar-refractivity contribution < 1.29 is 5.21 Å². The lowest BCUT2D eigenvalue weighted by molar-refractivity contribution is 0.258. The number of hydrogen-bond donors (Lipinski definition) is 2. The zero-order chi connectivity index (χ0) is 13.6. The molecule has 1 saturated heterocycles. The fraction of sp³-hybridized carbons (Fsp3) is 0.929. The lowest BCUT2D eigenvalue weighted by Crippen LogP contribution is -2.34. The van der Waals surface area contributed by atoms with Crippen molar-refractivity contribution in [3.8, 4) is 0 Å². The Labute approximate surface area is 112 Å². The number of nitrogens with zero attached hydrogens (tertiary/aromatic N) is 2. The van der Waals surface area contributed by atoms with Gasteiger partial charge in [-0.2, -0.15) is 0 Å². The minimum atomic E-state index is 0.947. The van der Waals surface area contributed by atoms with Crippen molar-refractivity contribution in [2.24, 2.45) is 5.16 Å². The standard InChI is InChI=1S/C10H20N2O.C4H11N/c1-2-3-4-7-12-8-5-10(11-13)6-9-12;1-3-5-4-2/h13H,2-9H2,1H3;5H,3-4H2,1-2H3. The molecule has 0 bridgehead atoms. The van der Waals surface area contributed by atoms with E-state index in [4.69, 9.17) is 5.21 Å². The van der Waals surface area contributed by atoms with Gasteiger partial charge in [0.25, 0.3) is 0 Å². The topological polar surface area (TPSA) is 47.9 Å². The van der Waals surface area contributed by atoms with Crippen molar-refractivity contribution in [3.63, 3.8) is 0 Å². The molecule has 4 heteroatoms. The van der Waals surface area contributed by atoms with Crippen molar-refractivity contribution in [3.05, 3.63) is 0 Å². The van der Waals surface area contributed by atoms with Gasteiger partial charge in [0.05, 0.1) is 5.71 Å². The van der Waals surface area contributed by atoms with E-state index in [2.05, 4.69) is 36.1 Å². The van der Waals surface area contributed by atoms with Crippen LogP contribution >= 0.6 is 0 Å². The quantitative estimate of drug-likeness (QED) is 0.437. The van der Waals surface area contributed by atoms with E-state index >= 15 is 0 Å². The van der Waals surface area contributed by atoms with Crippen LogP contribution in [0.1, 0.15) is 52.9 Å². The number of oxime groups is 1. The number of hydrogen-bond acceptors (Lipinski definition) is 4. The van der Waals surface area contributed by atoms with Crippen LogP contribution in [0.3, 0.4) is 0 Å². The Bertz CT molecular complexity index is 195. The van der Waals surface area contributed by atoms with Gasteiger partial charge in [0, 0.05) is 25.9 Å². The molecule has 0 aromatic carbocycles. The van der Waals surface area contributed by atoms with E-state index in [1.54, 1.807) is 0 Å². The van der Waals surface area contributed by atoms with Crippen molar-refractivity contribution in [1.29, 1.82) is 0 Å². The first-order valence-corrected chi connectivity index (χ1v) is 7.41. The van der Waals surface area contributed by atoms with Crippen LogP contribution in [0.25, 0.3) is 0 Å². The highest BCUT2D eigenvalue weighted by molar-refractivity contribution is 5.84. The van der Waals surface area contributed by atoms with Crippen LogP contribution in [0.5, 0.6) is 0 Å². The van der Waals surface area contributed by atoms with Gasteiger partial charge in [0.1, 0.15) is 0 Å². The number of likely N-dealkylation sites (tertiary alicyclic amines) is 1. The molecule has 2 N–H and O–H groups in total. The van der Waals surface area contributed by atoms with Gasteiger partial charge in [-0.05, 0) is 26.1 Å². The van der Waals surface area contributed by atoms with Gasteiger partial charge in [-0.15, -0.1) is 0 Å². The largest absolute Gasteiger partial charge is 0.411 e. The van der Waals surface area contributed by atoms with Crippen LogP contribution in [0, 0.1) is 0 Å². The molecule has 1 aliphatic rings. The Balaban J connectivity index is 0.000000494. The van der Waals surface area contributed by atoms with Gasteiger partial charge in [0.2, 0.25) is 0 Å². The van der Waals surface area contributed by atoms with Crippen molar-refractivity contribution in [1.82, 2.24) is 10.2 Å². The molecule has 0 atom stereocenters. The summed E-state index contributed by atoms with van der Waals surface area (Å²) in [6.07, 6.45) is 5.82. The second-order valence-electron chi connectivity index (χ2n) is 4.67. The predicted octanol–water partition coefficient (Wildman–Crippen LogP) is 2.72. The molecule has 108 valence electrons. The molecular formula is C14H31N3O. The first-order chi connectivity index (χ1) is 8.78. The number of nitrogens with one attached hydrogen (secondary N) is 1.